The number of carboxylic acids is 1. The fourth-order valence-electron chi connectivity index (χ4n) is 1.59. The standard InChI is InChI=1S/C14H18O2/c1-11-4-6-12(7-5-11)10-14(2,3)9-8-13(15)16/h4-9H,10H2,1-3H3,(H,15,16)/b9-8+. The molecule has 0 fully saturated rings. The zero-order chi connectivity index (χ0) is 12.2. The molecule has 0 radical (unpaired) electrons. The van der Waals surface area contributed by atoms with E-state index in [1.165, 1.54) is 17.2 Å². The van der Waals surface area contributed by atoms with Crippen molar-refractivity contribution in [1.29, 1.82) is 0 Å². The second-order valence-corrected chi connectivity index (χ2v) is 4.82. The number of hydrogen-bond acceptors (Lipinski definition) is 1. The summed E-state index contributed by atoms with van der Waals surface area (Å²) in [7, 11) is 0. The van der Waals surface area contributed by atoms with E-state index in [0.717, 1.165) is 6.42 Å². The molecule has 1 rings (SSSR count). The first-order valence-corrected chi connectivity index (χ1v) is 5.37. The molecule has 0 unspecified atom stereocenters. The molecule has 0 atom stereocenters. The Hall–Kier alpha value is -1.57. The van der Waals surface area contributed by atoms with Gasteiger partial charge in [0.2, 0.25) is 0 Å². The molecule has 2 heteroatoms. The number of carbonyl (C=O) groups is 1. The average molecular weight is 218 g/mol. The molecule has 0 aliphatic heterocycles. The first-order valence-electron chi connectivity index (χ1n) is 5.37. The van der Waals surface area contributed by atoms with E-state index in [0.29, 0.717) is 0 Å². The van der Waals surface area contributed by atoms with Gasteiger partial charge in [0.05, 0.1) is 0 Å². The maximum atomic E-state index is 10.5. The van der Waals surface area contributed by atoms with E-state index < -0.39 is 5.97 Å². The van der Waals surface area contributed by atoms with Crippen LogP contribution < -0.4 is 0 Å². The minimum atomic E-state index is -0.892. The molecule has 16 heavy (non-hydrogen) atoms. The fourth-order valence-corrected chi connectivity index (χ4v) is 1.59. The average Bonchev–Trinajstić information content (AvgIpc) is 2.19. The lowest BCUT2D eigenvalue weighted by atomic mass is 9.85. The minimum absolute atomic E-state index is 0.131. The Morgan fingerprint density at radius 1 is 1.31 bits per heavy atom. The second-order valence-electron chi connectivity index (χ2n) is 4.82. The van der Waals surface area contributed by atoms with Gasteiger partial charge in [-0.15, -0.1) is 0 Å². The number of aryl methyl sites for hydroxylation is 1. The zero-order valence-electron chi connectivity index (χ0n) is 10.0. The SMILES string of the molecule is Cc1ccc(CC(C)(C)/C=C/C(=O)O)cc1. The highest BCUT2D eigenvalue weighted by Gasteiger charge is 2.14. The molecule has 0 amide bonds. The lowest BCUT2D eigenvalue weighted by Crippen LogP contribution is -2.12. The molecule has 0 heterocycles. The third kappa shape index (κ3) is 4.30. The monoisotopic (exact) mass is 218 g/mol. The van der Waals surface area contributed by atoms with Gasteiger partial charge in [-0.1, -0.05) is 49.8 Å². The van der Waals surface area contributed by atoms with Crippen molar-refractivity contribution in [1.82, 2.24) is 0 Å². The summed E-state index contributed by atoms with van der Waals surface area (Å²) < 4.78 is 0. The van der Waals surface area contributed by atoms with Crippen molar-refractivity contribution >= 4 is 5.97 Å². The van der Waals surface area contributed by atoms with Gasteiger partial charge in [0.15, 0.2) is 0 Å². The highest BCUT2D eigenvalue weighted by atomic mass is 16.4. The molecule has 0 spiro atoms. The zero-order valence-corrected chi connectivity index (χ0v) is 10.0. The lowest BCUT2D eigenvalue weighted by Gasteiger charge is -2.20. The Kier molecular flexibility index (Phi) is 3.88. The van der Waals surface area contributed by atoms with Crippen molar-refractivity contribution in [3.63, 3.8) is 0 Å². The maximum Gasteiger partial charge on any atom is 0.327 e. The lowest BCUT2D eigenvalue weighted by molar-refractivity contribution is -0.131. The smallest absolute Gasteiger partial charge is 0.327 e. The van der Waals surface area contributed by atoms with Crippen molar-refractivity contribution in [3.8, 4) is 0 Å². The van der Waals surface area contributed by atoms with Crippen LogP contribution in [0.25, 0.3) is 0 Å². The quantitative estimate of drug-likeness (QED) is 0.788. The second kappa shape index (κ2) is 4.97. The molecule has 0 aliphatic carbocycles. The number of aliphatic carboxylic acids is 1. The van der Waals surface area contributed by atoms with Crippen LogP contribution in [0.2, 0.25) is 0 Å². The van der Waals surface area contributed by atoms with E-state index in [4.69, 9.17) is 5.11 Å². The van der Waals surface area contributed by atoms with Crippen LogP contribution in [-0.2, 0) is 11.2 Å². The van der Waals surface area contributed by atoms with Crippen molar-refractivity contribution in [3.05, 3.63) is 47.5 Å². The van der Waals surface area contributed by atoms with Crippen LogP contribution in [0.1, 0.15) is 25.0 Å². The molecule has 86 valence electrons. The third-order valence-corrected chi connectivity index (χ3v) is 2.46. The molecule has 0 bridgehead atoms. The summed E-state index contributed by atoms with van der Waals surface area (Å²) in [5.74, 6) is -0.892. The van der Waals surface area contributed by atoms with Crippen LogP contribution in [0.15, 0.2) is 36.4 Å². The number of carboxylic acid groups (broad SMARTS) is 1. The van der Waals surface area contributed by atoms with E-state index in [2.05, 4.69) is 31.2 Å². The van der Waals surface area contributed by atoms with Gasteiger partial charge >= 0.3 is 5.97 Å². The molecule has 0 aliphatic rings. The normalized spacial score (nSPS) is 11.9. The minimum Gasteiger partial charge on any atom is -0.478 e. The predicted molar refractivity (Wildman–Crippen MR) is 65.4 cm³/mol. The molecule has 0 aromatic heterocycles. The Bertz CT molecular complexity index is 386. The largest absolute Gasteiger partial charge is 0.478 e. The van der Waals surface area contributed by atoms with Crippen molar-refractivity contribution in [2.45, 2.75) is 27.2 Å². The van der Waals surface area contributed by atoms with Crippen LogP contribution in [0.3, 0.4) is 0 Å². The van der Waals surface area contributed by atoms with E-state index in [9.17, 15) is 4.79 Å². The van der Waals surface area contributed by atoms with Crippen molar-refractivity contribution in [2.24, 2.45) is 5.41 Å². The van der Waals surface area contributed by atoms with Gasteiger partial charge in [-0.25, -0.2) is 4.79 Å². The Labute approximate surface area is 96.6 Å². The highest BCUT2D eigenvalue weighted by Crippen LogP contribution is 2.23. The van der Waals surface area contributed by atoms with E-state index in [1.54, 1.807) is 6.08 Å². The first-order chi connectivity index (χ1) is 7.39. The Morgan fingerprint density at radius 2 is 1.88 bits per heavy atom. The summed E-state index contributed by atoms with van der Waals surface area (Å²) in [6.45, 7) is 6.12. The molecule has 1 N–H and O–H groups in total. The summed E-state index contributed by atoms with van der Waals surface area (Å²) in [6.07, 6.45) is 3.81. The van der Waals surface area contributed by atoms with Gasteiger partial charge in [0.25, 0.3) is 0 Å². The molecule has 2 nitrogen and oxygen atoms in total. The van der Waals surface area contributed by atoms with Gasteiger partial charge in [-0.3, -0.25) is 0 Å². The molecule has 0 saturated heterocycles. The predicted octanol–water partition coefficient (Wildman–Crippen LogP) is 3.20. The van der Waals surface area contributed by atoms with E-state index in [1.807, 2.05) is 13.8 Å². The molecular formula is C14H18O2. The van der Waals surface area contributed by atoms with Crippen LogP contribution >= 0.6 is 0 Å². The van der Waals surface area contributed by atoms with Gasteiger partial charge < -0.3 is 5.11 Å². The molecule has 1 aromatic rings. The number of allylic oxidation sites excluding steroid dienone is 1. The number of hydrogen-bond donors (Lipinski definition) is 1. The summed E-state index contributed by atoms with van der Waals surface area (Å²) in [4.78, 5) is 10.5. The maximum absolute atomic E-state index is 10.5. The Balaban J connectivity index is 2.72. The van der Waals surface area contributed by atoms with Crippen LogP contribution in [-0.4, -0.2) is 11.1 Å². The topological polar surface area (TPSA) is 37.3 Å². The van der Waals surface area contributed by atoms with Crippen molar-refractivity contribution in [2.75, 3.05) is 0 Å². The molecule has 0 saturated carbocycles. The summed E-state index contributed by atoms with van der Waals surface area (Å²) in [5, 5.41) is 8.59. The number of benzene rings is 1. The summed E-state index contributed by atoms with van der Waals surface area (Å²) >= 11 is 0. The van der Waals surface area contributed by atoms with Crippen LogP contribution in [0.5, 0.6) is 0 Å². The summed E-state index contributed by atoms with van der Waals surface area (Å²) in [5.41, 5.74) is 2.33. The van der Waals surface area contributed by atoms with Crippen molar-refractivity contribution < 1.29 is 9.90 Å². The van der Waals surface area contributed by atoms with Gasteiger partial charge in [-0.05, 0) is 24.3 Å². The third-order valence-electron chi connectivity index (χ3n) is 2.46. The van der Waals surface area contributed by atoms with Gasteiger partial charge in [-0.2, -0.15) is 0 Å². The van der Waals surface area contributed by atoms with Gasteiger partial charge in [0, 0.05) is 6.08 Å². The highest BCUT2D eigenvalue weighted by molar-refractivity contribution is 5.79. The fraction of sp³-hybridized carbons (Fsp3) is 0.357. The number of rotatable bonds is 4. The Morgan fingerprint density at radius 3 is 2.38 bits per heavy atom. The van der Waals surface area contributed by atoms with E-state index in [-0.39, 0.29) is 5.41 Å². The van der Waals surface area contributed by atoms with Crippen LogP contribution in [0.4, 0.5) is 0 Å². The summed E-state index contributed by atoms with van der Waals surface area (Å²) in [6, 6.07) is 8.33. The van der Waals surface area contributed by atoms with E-state index >= 15 is 0 Å². The molecular weight excluding hydrogens is 200 g/mol. The van der Waals surface area contributed by atoms with Crippen LogP contribution in [0, 0.1) is 12.3 Å². The van der Waals surface area contributed by atoms with Gasteiger partial charge in [0.1, 0.15) is 0 Å². The molecule has 1 aromatic carbocycles. The first kappa shape index (κ1) is 12.5.